The van der Waals surface area contributed by atoms with Crippen molar-refractivity contribution in [3.8, 4) is 11.8 Å². The zero-order valence-electron chi connectivity index (χ0n) is 12.0. The lowest BCUT2D eigenvalue weighted by atomic mass is 10.1. The third kappa shape index (κ3) is 3.49. The highest BCUT2D eigenvalue weighted by molar-refractivity contribution is 6.05. The molecule has 0 bridgehead atoms. The van der Waals surface area contributed by atoms with Crippen LogP contribution in [-0.4, -0.2) is 13.0 Å². The quantitative estimate of drug-likeness (QED) is 0.723. The van der Waals surface area contributed by atoms with Gasteiger partial charge in [-0.05, 0) is 49.2 Å². The van der Waals surface area contributed by atoms with E-state index in [1.807, 2.05) is 56.3 Å². The van der Waals surface area contributed by atoms with Crippen LogP contribution in [0.25, 0.3) is 0 Å². The van der Waals surface area contributed by atoms with Crippen LogP contribution in [0.2, 0.25) is 0 Å². The molecule has 0 unspecified atom stereocenters. The predicted octanol–water partition coefficient (Wildman–Crippen LogP) is 3.32. The van der Waals surface area contributed by atoms with Gasteiger partial charge in [0.2, 0.25) is 0 Å². The van der Waals surface area contributed by atoms with E-state index in [0.717, 1.165) is 22.4 Å². The first kappa shape index (κ1) is 13.9. The van der Waals surface area contributed by atoms with E-state index in [1.54, 1.807) is 11.9 Å². The summed E-state index contributed by atoms with van der Waals surface area (Å²) in [5.41, 5.74) is 3.98. The van der Waals surface area contributed by atoms with Crippen LogP contribution in [0, 0.1) is 25.7 Å². The van der Waals surface area contributed by atoms with Gasteiger partial charge in [0, 0.05) is 24.2 Å². The predicted molar refractivity (Wildman–Crippen MR) is 82.6 cm³/mol. The summed E-state index contributed by atoms with van der Waals surface area (Å²) >= 11 is 0. The largest absolute Gasteiger partial charge is 0.305 e. The van der Waals surface area contributed by atoms with Gasteiger partial charge in [-0.3, -0.25) is 4.79 Å². The molecule has 0 N–H and O–H groups in total. The molecule has 0 saturated carbocycles. The Kier molecular flexibility index (Phi) is 4.22. The highest BCUT2D eigenvalue weighted by atomic mass is 16.2. The van der Waals surface area contributed by atoms with Crippen LogP contribution in [0.15, 0.2) is 48.5 Å². The van der Waals surface area contributed by atoms with Crippen LogP contribution >= 0.6 is 0 Å². The molecule has 2 aromatic rings. The molecule has 0 radical (unpaired) electrons. The maximum absolute atomic E-state index is 12.1. The second-order valence-electron chi connectivity index (χ2n) is 4.83. The molecule has 0 atom stereocenters. The van der Waals surface area contributed by atoms with Gasteiger partial charge in [-0.2, -0.15) is 0 Å². The van der Waals surface area contributed by atoms with Gasteiger partial charge in [0.1, 0.15) is 0 Å². The molecule has 1 amide bonds. The van der Waals surface area contributed by atoms with Gasteiger partial charge >= 0.3 is 5.91 Å². The fourth-order valence-corrected chi connectivity index (χ4v) is 1.99. The average molecular weight is 263 g/mol. The Hall–Kier alpha value is -2.53. The van der Waals surface area contributed by atoms with Gasteiger partial charge in [-0.15, -0.1) is 0 Å². The van der Waals surface area contributed by atoms with Gasteiger partial charge in [-0.25, -0.2) is 0 Å². The smallest absolute Gasteiger partial charge is 0.302 e. The highest BCUT2D eigenvalue weighted by Crippen LogP contribution is 2.17. The Morgan fingerprint density at radius 1 is 1.00 bits per heavy atom. The molecule has 100 valence electrons. The Labute approximate surface area is 120 Å². The zero-order chi connectivity index (χ0) is 14.5. The van der Waals surface area contributed by atoms with Gasteiger partial charge in [0.25, 0.3) is 0 Å². The SMILES string of the molecule is Cc1cc(C)cc(N(C)C(=O)C#Cc2ccccc2)c1. The number of aryl methyl sites for hydroxylation is 2. The molecule has 0 fully saturated rings. The first-order valence-corrected chi connectivity index (χ1v) is 6.49. The fourth-order valence-electron chi connectivity index (χ4n) is 1.99. The van der Waals surface area contributed by atoms with E-state index >= 15 is 0 Å². The summed E-state index contributed by atoms with van der Waals surface area (Å²) in [5.74, 6) is 5.35. The minimum atomic E-state index is -0.209. The van der Waals surface area contributed by atoms with Crippen molar-refractivity contribution in [2.24, 2.45) is 0 Å². The molecule has 0 aliphatic rings. The summed E-state index contributed by atoms with van der Waals surface area (Å²) in [6.07, 6.45) is 0. The topological polar surface area (TPSA) is 20.3 Å². The third-order valence-electron chi connectivity index (χ3n) is 2.99. The van der Waals surface area contributed by atoms with Crippen molar-refractivity contribution in [1.82, 2.24) is 0 Å². The van der Waals surface area contributed by atoms with Gasteiger partial charge in [-0.1, -0.05) is 30.2 Å². The third-order valence-corrected chi connectivity index (χ3v) is 2.99. The number of rotatable bonds is 1. The Morgan fingerprint density at radius 3 is 2.20 bits per heavy atom. The molecule has 2 rings (SSSR count). The lowest BCUT2D eigenvalue weighted by molar-refractivity contribution is -0.113. The van der Waals surface area contributed by atoms with Crippen LogP contribution in [-0.2, 0) is 4.79 Å². The Bertz CT molecular complexity index is 657. The van der Waals surface area contributed by atoms with Crippen molar-refractivity contribution in [3.05, 3.63) is 65.2 Å². The van der Waals surface area contributed by atoms with E-state index in [1.165, 1.54) is 0 Å². The molecule has 0 spiro atoms. The molecular weight excluding hydrogens is 246 g/mol. The molecular formula is C18H17NO. The van der Waals surface area contributed by atoms with Crippen molar-refractivity contribution in [1.29, 1.82) is 0 Å². The first-order chi connectivity index (χ1) is 9.56. The normalized spacial score (nSPS) is 9.55. The maximum atomic E-state index is 12.1. The summed E-state index contributed by atoms with van der Waals surface area (Å²) in [6, 6.07) is 15.6. The molecule has 0 aliphatic carbocycles. The van der Waals surface area contributed by atoms with E-state index in [2.05, 4.69) is 17.9 Å². The number of benzene rings is 2. The minimum absolute atomic E-state index is 0.209. The molecule has 0 saturated heterocycles. The molecule has 0 heterocycles. The highest BCUT2D eigenvalue weighted by Gasteiger charge is 2.08. The molecule has 2 heteroatoms. The van der Waals surface area contributed by atoms with Crippen molar-refractivity contribution in [3.63, 3.8) is 0 Å². The number of carbonyl (C=O) groups is 1. The number of carbonyl (C=O) groups excluding carboxylic acids is 1. The van der Waals surface area contributed by atoms with E-state index in [4.69, 9.17) is 0 Å². The lowest BCUT2D eigenvalue weighted by Crippen LogP contribution is -2.24. The van der Waals surface area contributed by atoms with E-state index < -0.39 is 0 Å². The van der Waals surface area contributed by atoms with Crippen LogP contribution < -0.4 is 4.90 Å². The second-order valence-corrected chi connectivity index (χ2v) is 4.83. The summed E-state index contributed by atoms with van der Waals surface area (Å²) in [4.78, 5) is 13.7. The van der Waals surface area contributed by atoms with Gasteiger partial charge in [0.05, 0.1) is 0 Å². The summed E-state index contributed by atoms with van der Waals surface area (Å²) < 4.78 is 0. The van der Waals surface area contributed by atoms with Crippen LogP contribution in [0.5, 0.6) is 0 Å². The zero-order valence-corrected chi connectivity index (χ0v) is 12.0. The number of hydrogen-bond acceptors (Lipinski definition) is 1. The summed E-state index contributed by atoms with van der Waals surface area (Å²) in [6.45, 7) is 4.04. The van der Waals surface area contributed by atoms with Crippen molar-refractivity contribution in [2.75, 3.05) is 11.9 Å². The Balaban J connectivity index is 2.19. The molecule has 0 aliphatic heterocycles. The number of anilines is 1. The summed E-state index contributed by atoms with van der Waals surface area (Å²) in [5, 5.41) is 0. The first-order valence-electron chi connectivity index (χ1n) is 6.49. The fraction of sp³-hybridized carbons (Fsp3) is 0.167. The van der Waals surface area contributed by atoms with Crippen LogP contribution in [0.3, 0.4) is 0 Å². The maximum Gasteiger partial charge on any atom is 0.302 e. The second kappa shape index (κ2) is 6.08. The van der Waals surface area contributed by atoms with Gasteiger partial charge < -0.3 is 4.90 Å². The Morgan fingerprint density at radius 2 is 1.60 bits per heavy atom. The monoisotopic (exact) mass is 263 g/mol. The molecule has 2 nitrogen and oxygen atoms in total. The lowest BCUT2D eigenvalue weighted by Gasteiger charge is -2.15. The molecule has 20 heavy (non-hydrogen) atoms. The van der Waals surface area contributed by atoms with Crippen molar-refractivity contribution in [2.45, 2.75) is 13.8 Å². The number of amides is 1. The van der Waals surface area contributed by atoms with Crippen LogP contribution in [0.1, 0.15) is 16.7 Å². The summed E-state index contributed by atoms with van der Waals surface area (Å²) in [7, 11) is 1.75. The van der Waals surface area contributed by atoms with Gasteiger partial charge in [0.15, 0.2) is 0 Å². The standard InChI is InChI=1S/C18H17NO/c1-14-11-15(2)13-17(12-14)19(3)18(20)10-9-16-7-5-4-6-8-16/h4-8,11-13H,1-3H3. The molecule has 0 aromatic heterocycles. The van der Waals surface area contributed by atoms with E-state index in [0.29, 0.717) is 0 Å². The number of nitrogens with zero attached hydrogens (tertiary/aromatic N) is 1. The molecule has 2 aromatic carbocycles. The number of hydrogen-bond donors (Lipinski definition) is 0. The van der Waals surface area contributed by atoms with Crippen molar-refractivity contribution >= 4 is 11.6 Å². The van der Waals surface area contributed by atoms with Crippen LogP contribution in [0.4, 0.5) is 5.69 Å². The minimum Gasteiger partial charge on any atom is -0.305 e. The average Bonchev–Trinajstić information content (AvgIpc) is 2.44. The van der Waals surface area contributed by atoms with E-state index in [-0.39, 0.29) is 5.91 Å². The van der Waals surface area contributed by atoms with Crippen molar-refractivity contribution < 1.29 is 4.79 Å². The van der Waals surface area contributed by atoms with E-state index in [9.17, 15) is 4.79 Å².